The lowest BCUT2D eigenvalue weighted by molar-refractivity contribution is -0.161. The van der Waals surface area contributed by atoms with Crippen molar-refractivity contribution in [3.8, 4) is 0 Å². The number of hydrogen-bond acceptors (Lipinski definition) is 15. The van der Waals surface area contributed by atoms with Crippen molar-refractivity contribution in [1.82, 2.24) is 0 Å². The molecule has 0 aromatic heterocycles. The lowest BCUT2D eigenvalue weighted by Gasteiger charge is -2.21. The topological polar surface area (TPSA) is 237 Å². The Balaban J connectivity index is 5.15. The van der Waals surface area contributed by atoms with E-state index in [0.717, 1.165) is 114 Å². The fourth-order valence-corrected chi connectivity index (χ4v) is 13.0. The lowest BCUT2D eigenvalue weighted by atomic mass is 9.99. The molecule has 94 heavy (non-hydrogen) atoms. The van der Waals surface area contributed by atoms with E-state index < -0.39 is 97.5 Å². The summed E-state index contributed by atoms with van der Waals surface area (Å²) in [5.74, 6) is 0.281. The number of carbonyl (C=O) groups is 4. The number of unbranched alkanes of at least 4 members (excludes halogenated alkanes) is 40. The highest BCUT2D eigenvalue weighted by Gasteiger charge is 2.30. The molecular weight excluding hydrogens is 1230 g/mol. The summed E-state index contributed by atoms with van der Waals surface area (Å²) in [7, 11) is -9.90. The maximum Gasteiger partial charge on any atom is 0.472 e. The second-order valence-electron chi connectivity index (χ2n) is 28.2. The van der Waals surface area contributed by atoms with E-state index in [1.807, 2.05) is 0 Å². The van der Waals surface area contributed by atoms with Crippen LogP contribution in [0.1, 0.15) is 382 Å². The molecule has 0 saturated carbocycles. The van der Waals surface area contributed by atoms with Crippen molar-refractivity contribution in [2.24, 2.45) is 17.8 Å². The van der Waals surface area contributed by atoms with Gasteiger partial charge in [-0.05, 0) is 43.4 Å². The van der Waals surface area contributed by atoms with Gasteiger partial charge >= 0.3 is 39.5 Å². The number of phosphoric acid groups is 2. The van der Waals surface area contributed by atoms with E-state index in [1.165, 1.54) is 186 Å². The molecule has 0 spiro atoms. The molecule has 0 aliphatic heterocycles. The summed E-state index contributed by atoms with van der Waals surface area (Å²) >= 11 is 0. The summed E-state index contributed by atoms with van der Waals surface area (Å²) in [5, 5.41) is 10.6. The van der Waals surface area contributed by atoms with E-state index in [-0.39, 0.29) is 25.7 Å². The van der Waals surface area contributed by atoms with Gasteiger partial charge in [0.25, 0.3) is 0 Å². The van der Waals surface area contributed by atoms with Crippen LogP contribution in [-0.2, 0) is 65.4 Å². The normalized spacial score (nSPS) is 14.4. The summed E-state index contributed by atoms with van der Waals surface area (Å²) in [6, 6.07) is 0. The number of phosphoric ester groups is 2. The maximum atomic E-state index is 13.1. The van der Waals surface area contributed by atoms with Gasteiger partial charge in [-0.3, -0.25) is 37.3 Å². The summed E-state index contributed by atoms with van der Waals surface area (Å²) < 4.78 is 68.3. The molecule has 0 aromatic carbocycles. The fraction of sp³-hybridized carbons (Fsp3) is 0.947. The molecule has 0 aliphatic carbocycles. The largest absolute Gasteiger partial charge is 0.472 e. The molecular formula is C75H146O17P2. The third-order valence-corrected chi connectivity index (χ3v) is 19.6. The first-order chi connectivity index (χ1) is 45.3. The standard InChI is InChI=1S/C75H146O17P2/c1-8-10-11-39-49-56-72(77)85-62-70(91-74(79)59-52-45-38-32-26-20-22-28-34-41-47-54-67(5)6)64-89-93(81,82)87-60-69(76)61-88-94(83,84)90-65-71(63-86-73(78)57-50-43-36-30-24-18-14-12-16-21-27-33-40-46-53-66(3)4)92-75(80)58-51-44-37-31-25-19-15-13-17-23-29-35-42-48-55-68(7)9-2/h66-71,76H,8-65H2,1-7H3,(H,81,82)(H,83,84)/t68?,69-,70+,71+/m0/s1. The fourth-order valence-electron chi connectivity index (χ4n) is 11.4. The van der Waals surface area contributed by atoms with Crippen molar-refractivity contribution in [1.29, 1.82) is 0 Å². The molecule has 0 aliphatic rings. The molecule has 0 bridgehead atoms. The number of ether oxygens (including phenoxy) is 4. The highest BCUT2D eigenvalue weighted by atomic mass is 31.2. The van der Waals surface area contributed by atoms with Gasteiger partial charge in [-0.1, -0.05) is 331 Å². The molecule has 558 valence electrons. The molecule has 0 amide bonds. The number of aliphatic hydroxyl groups excluding tert-OH is 1. The van der Waals surface area contributed by atoms with Crippen molar-refractivity contribution in [3.05, 3.63) is 0 Å². The molecule has 19 heteroatoms. The average Bonchev–Trinajstić information content (AvgIpc) is 1.56. The minimum absolute atomic E-state index is 0.105. The van der Waals surface area contributed by atoms with Gasteiger partial charge in [0.1, 0.15) is 19.3 Å². The van der Waals surface area contributed by atoms with Crippen molar-refractivity contribution in [3.63, 3.8) is 0 Å². The molecule has 0 rings (SSSR count). The predicted octanol–water partition coefficient (Wildman–Crippen LogP) is 21.8. The predicted molar refractivity (Wildman–Crippen MR) is 381 cm³/mol. The van der Waals surface area contributed by atoms with Gasteiger partial charge < -0.3 is 33.8 Å². The number of aliphatic hydroxyl groups is 1. The molecule has 0 aromatic rings. The van der Waals surface area contributed by atoms with Crippen LogP contribution < -0.4 is 0 Å². The Labute approximate surface area is 575 Å². The van der Waals surface area contributed by atoms with Crippen LogP contribution in [0.2, 0.25) is 0 Å². The Hall–Kier alpha value is -1.94. The van der Waals surface area contributed by atoms with E-state index in [4.69, 9.17) is 37.0 Å². The SMILES string of the molecule is CCCCCCCC(=O)OC[C@H](COP(=O)(O)OC[C@H](O)COP(=O)(O)OC[C@@H](COC(=O)CCCCCCCCCCCCCCCCC(C)C)OC(=O)CCCCCCCCCCCCCCCCC(C)CC)OC(=O)CCCCCCCCCCCCCC(C)C. The number of rotatable bonds is 73. The minimum Gasteiger partial charge on any atom is -0.462 e. The smallest absolute Gasteiger partial charge is 0.462 e. The molecule has 0 heterocycles. The Morgan fingerprint density at radius 1 is 0.309 bits per heavy atom. The van der Waals surface area contributed by atoms with Crippen molar-refractivity contribution >= 4 is 39.5 Å². The summed E-state index contributed by atoms with van der Waals surface area (Å²) in [6.45, 7) is 11.9. The van der Waals surface area contributed by atoms with E-state index in [0.29, 0.717) is 25.7 Å². The Kier molecular flexibility index (Phi) is 64.3. The van der Waals surface area contributed by atoms with Gasteiger partial charge in [0.15, 0.2) is 12.2 Å². The van der Waals surface area contributed by atoms with Gasteiger partial charge in [0, 0.05) is 25.7 Å². The Morgan fingerprint density at radius 2 is 0.543 bits per heavy atom. The van der Waals surface area contributed by atoms with Crippen molar-refractivity contribution in [2.45, 2.75) is 401 Å². The first-order valence-electron chi connectivity index (χ1n) is 38.9. The minimum atomic E-state index is -4.96. The van der Waals surface area contributed by atoms with Crippen LogP contribution in [0.15, 0.2) is 0 Å². The average molecular weight is 1380 g/mol. The molecule has 17 nitrogen and oxygen atoms in total. The molecule has 0 radical (unpaired) electrons. The van der Waals surface area contributed by atoms with Crippen molar-refractivity contribution in [2.75, 3.05) is 39.6 Å². The van der Waals surface area contributed by atoms with Gasteiger partial charge in [-0.15, -0.1) is 0 Å². The first-order valence-corrected chi connectivity index (χ1v) is 41.9. The third-order valence-electron chi connectivity index (χ3n) is 17.7. The van der Waals surface area contributed by atoms with Crippen LogP contribution in [0, 0.1) is 17.8 Å². The summed E-state index contributed by atoms with van der Waals surface area (Å²) in [4.78, 5) is 72.5. The lowest BCUT2D eigenvalue weighted by Crippen LogP contribution is -2.30. The maximum absolute atomic E-state index is 13.1. The molecule has 3 unspecified atom stereocenters. The van der Waals surface area contributed by atoms with E-state index in [2.05, 4.69) is 48.5 Å². The van der Waals surface area contributed by atoms with Crippen LogP contribution in [0.5, 0.6) is 0 Å². The van der Waals surface area contributed by atoms with E-state index >= 15 is 0 Å². The van der Waals surface area contributed by atoms with Gasteiger partial charge in [-0.2, -0.15) is 0 Å². The zero-order chi connectivity index (χ0) is 69.4. The zero-order valence-corrected chi connectivity index (χ0v) is 63.2. The number of hydrogen-bond donors (Lipinski definition) is 3. The van der Waals surface area contributed by atoms with Crippen LogP contribution in [0.4, 0.5) is 0 Å². The first kappa shape index (κ1) is 92.1. The Bertz CT molecular complexity index is 1840. The van der Waals surface area contributed by atoms with E-state index in [1.54, 1.807) is 0 Å². The highest BCUT2D eigenvalue weighted by molar-refractivity contribution is 7.47. The quantitative estimate of drug-likeness (QED) is 0.0222. The second kappa shape index (κ2) is 65.7. The Morgan fingerprint density at radius 3 is 0.809 bits per heavy atom. The zero-order valence-electron chi connectivity index (χ0n) is 61.4. The molecule has 6 atom stereocenters. The molecule has 3 N–H and O–H groups in total. The monoisotopic (exact) mass is 1380 g/mol. The second-order valence-corrected chi connectivity index (χ2v) is 31.1. The van der Waals surface area contributed by atoms with Crippen LogP contribution in [0.3, 0.4) is 0 Å². The van der Waals surface area contributed by atoms with E-state index in [9.17, 15) is 43.2 Å². The summed E-state index contributed by atoms with van der Waals surface area (Å²) in [5.41, 5.74) is 0. The number of carbonyl (C=O) groups excluding carboxylic acids is 4. The highest BCUT2D eigenvalue weighted by Crippen LogP contribution is 2.45. The van der Waals surface area contributed by atoms with Gasteiger partial charge in [-0.25, -0.2) is 9.13 Å². The van der Waals surface area contributed by atoms with Gasteiger partial charge in [0.2, 0.25) is 0 Å². The molecule has 0 fully saturated rings. The van der Waals surface area contributed by atoms with Crippen LogP contribution in [-0.4, -0.2) is 96.7 Å². The third kappa shape index (κ3) is 67.3. The number of esters is 4. The van der Waals surface area contributed by atoms with Crippen LogP contribution in [0.25, 0.3) is 0 Å². The summed E-state index contributed by atoms with van der Waals surface area (Å²) in [6.07, 6.45) is 51.6. The van der Waals surface area contributed by atoms with Crippen LogP contribution >= 0.6 is 15.6 Å². The van der Waals surface area contributed by atoms with Crippen molar-refractivity contribution < 1.29 is 80.2 Å². The van der Waals surface area contributed by atoms with Gasteiger partial charge in [0.05, 0.1) is 26.4 Å². The molecule has 0 saturated heterocycles.